The summed E-state index contributed by atoms with van der Waals surface area (Å²) < 4.78 is 15.3. The Bertz CT molecular complexity index is 1050. The summed E-state index contributed by atoms with van der Waals surface area (Å²) in [4.78, 5) is 16.1. The zero-order valence-electron chi connectivity index (χ0n) is 15.1. The van der Waals surface area contributed by atoms with E-state index in [4.69, 9.17) is 0 Å². The maximum atomic E-state index is 13.6. The van der Waals surface area contributed by atoms with Gasteiger partial charge in [0, 0.05) is 36.3 Å². The van der Waals surface area contributed by atoms with E-state index in [9.17, 15) is 4.39 Å². The van der Waals surface area contributed by atoms with Crippen LogP contribution in [0.3, 0.4) is 0 Å². The molecule has 8 heteroatoms. The Morgan fingerprint density at radius 2 is 2.11 bits per heavy atom. The van der Waals surface area contributed by atoms with Gasteiger partial charge in [-0.3, -0.25) is 4.98 Å². The molecule has 27 heavy (non-hydrogen) atoms. The Labute approximate surface area is 155 Å². The number of nitrogens with zero attached hydrogens (tertiary/aromatic N) is 5. The highest BCUT2D eigenvalue weighted by Gasteiger charge is 2.16. The Hall–Kier alpha value is -3.29. The molecule has 138 valence electrons. The van der Waals surface area contributed by atoms with Gasteiger partial charge in [0.2, 0.25) is 5.95 Å². The molecule has 4 heterocycles. The average molecular weight is 365 g/mol. The summed E-state index contributed by atoms with van der Waals surface area (Å²) in [5.74, 6) is 0.821. The Balaban J connectivity index is 1.73. The number of fused-ring (bicyclic) bond motifs is 1. The molecule has 4 rings (SSSR count). The van der Waals surface area contributed by atoms with E-state index in [1.807, 2.05) is 18.5 Å². The van der Waals surface area contributed by atoms with Crippen LogP contribution in [0.1, 0.15) is 30.9 Å². The highest BCUT2D eigenvalue weighted by Crippen LogP contribution is 2.24. The molecule has 0 aliphatic heterocycles. The molecule has 0 saturated heterocycles. The van der Waals surface area contributed by atoms with Crippen LogP contribution in [0, 0.1) is 5.82 Å². The number of H-pyrrole nitrogens is 1. The van der Waals surface area contributed by atoms with E-state index in [1.165, 1.54) is 11.6 Å². The van der Waals surface area contributed by atoms with Crippen molar-refractivity contribution in [2.24, 2.45) is 0 Å². The Morgan fingerprint density at radius 3 is 2.85 bits per heavy atom. The molecule has 0 atom stereocenters. The number of aromatic nitrogens is 6. The molecule has 0 aliphatic rings. The molecule has 4 aromatic rings. The number of rotatable bonds is 6. The van der Waals surface area contributed by atoms with Crippen LogP contribution < -0.4 is 5.32 Å². The first-order valence-corrected chi connectivity index (χ1v) is 8.84. The maximum absolute atomic E-state index is 13.6. The first kappa shape index (κ1) is 17.1. The third-order valence-corrected chi connectivity index (χ3v) is 4.34. The van der Waals surface area contributed by atoms with E-state index in [-0.39, 0.29) is 5.92 Å². The van der Waals surface area contributed by atoms with Gasteiger partial charge in [0.1, 0.15) is 5.82 Å². The SMILES string of the molecule is CC(C)c1cnn2c(NCCc3cc[nH]c3)nc(-c3cncc(F)c3)nc12. The molecular weight excluding hydrogens is 345 g/mol. The van der Waals surface area contributed by atoms with Gasteiger partial charge in [0.15, 0.2) is 11.5 Å². The minimum absolute atomic E-state index is 0.253. The lowest BCUT2D eigenvalue weighted by atomic mass is 10.1. The van der Waals surface area contributed by atoms with Gasteiger partial charge in [-0.1, -0.05) is 13.8 Å². The summed E-state index contributed by atoms with van der Waals surface area (Å²) >= 11 is 0. The van der Waals surface area contributed by atoms with E-state index >= 15 is 0 Å². The Morgan fingerprint density at radius 1 is 1.22 bits per heavy atom. The molecule has 0 amide bonds. The minimum Gasteiger partial charge on any atom is -0.367 e. The molecular formula is C19H20FN7. The second-order valence-electron chi connectivity index (χ2n) is 6.65. The van der Waals surface area contributed by atoms with Gasteiger partial charge in [0.05, 0.1) is 12.4 Å². The van der Waals surface area contributed by atoms with E-state index in [1.54, 1.807) is 16.9 Å². The molecule has 0 saturated carbocycles. The molecule has 0 fully saturated rings. The number of anilines is 1. The number of hydrogen-bond donors (Lipinski definition) is 2. The van der Waals surface area contributed by atoms with Crippen molar-refractivity contribution in [2.45, 2.75) is 26.2 Å². The van der Waals surface area contributed by atoms with E-state index in [0.717, 1.165) is 18.2 Å². The molecule has 0 unspecified atom stereocenters. The lowest BCUT2D eigenvalue weighted by molar-refractivity contribution is 0.622. The lowest BCUT2D eigenvalue weighted by Gasteiger charge is -2.10. The highest BCUT2D eigenvalue weighted by atomic mass is 19.1. The fraction of sp³-hybridized carbons (Fsp3) is 0.263. The van der Waals surface area contributed by atoms with Crippen LogP contribution in [0.2, 0.25) is 0 Å². The first-order valence-electron chi connectivity index (χ1n) is 8.84. The van der Waals surface area contributed by atoms with Gasteiger partial charge in [-0.25, -0.2) is 9.37 Å². The first-order chi connectivity index (χ1) is 13.1. The van der Waals surface area contributed by atoms with Gasteiger partial charge >= 0.3 is 0 Å². The topological polar surface area (TPSA) is 83.8 Å². The van der Waals surface area contributed by atoms with Crippen molar-refractivity contribution in [3.8, 4) is 11.4 Å². The molecule has 4 aromatic heterocycles. The van der Waals surface area contributed by atoms with Crippen molar-refractivity contribution in [3.63, 3.8) is 0 Å². The summed E-state index contributed by atoms with van der Waals surface area (Å²) in [5.41, 5.74) is 3.45. The quantitative estimate of drug-likeness (QED) is 0.547. The standard InChI is InChI=1S/C19H20FN7/c1-12(2)16-11-24-27-18(16)25-17(14-7-15(20)10-22-9-14)26-19(27)23-6-4-13-3-5-21-8-13/h3,5,7-12,21H,4,6H2,1-2H3,(H,23,25,26). The summed E-state index contributed by atoms with van der Waals surface area (Å²) in [6.07, 6.45) is 9.23. The zero-order chi connectivity index (χ0) is 18.8. The van der Waals surface area contributed by atoms with Crippen LogP contribution >= 0.6 is 0 Å². The minimum atomic E-state index is -0.421. The van der Waals surface area contributed by atoms with Gasteiger partial charge in [0.25, 0.3) is 0 Å². The monoisotopic (exact) mass is 365 g/mol. The van der Waals surface area contributed by atoms with Crippen molar-refractivity contribution < 1.29 is 4.39 Å². The van der Waals surface area contributed by atoms with Crippen molar-refractivity contribution in [2.75, 3.05) is 11.9 Å². The lowest BCUT2D eigenvalue weighted by Crippen LogP contribution is -2.12. The number of pyridine rings is 1. The second kappa shape index (κ2) is 7.14. The number of halogens is 1. The maximum Gasteiger partial charge on any atom is 0.227 e. The summed E-state index contributed by atoms with van der Waals surface area (Å²) in [5, 5.41) is 7.77. The van der Waals surface area contributed by atoms with Crippen LogP contribution in [0.25, 0.3) is 17.0 Å². The van der Waals surface area contributed by atoms with Crippen molar-refractivity contribution in [1.82, 2.24) is 29.5 Å². The number of hydrogen-bond acceptors (Lipinski definition) is 5. The van der Waals surface area contributed by atoms with Crippen LogP contribution in [0.5, 0.6) is 0 Å². The van der Waals surface area contributed by atoms with Crippen LogP contribution in [0.15, 0.2) is 43.1 Å². The van der Waals surface area contributed by atoms with Gasteiger partial charge in [-0.05, 0) is 30.0 Å². The van der Waals surface area contributed by atoms with Crippen molar-refractivity contribution in [1.29, 1.82) is 0 Å². The molecule has 0 bridgehead atoms. The van der Waals surface area contributed by atoms with Crippen LogP contribution in [-0.4, -0.2) is 36.1 Å². The summed E-state index contributed by atoms with van der Waals surface area (Å²) in [7, 11) is 0. The number of nitrogens with one attached hydrogen (secondary N) is 2. The van der Waals surface area contributed by atoms with Crippen LogP contribution in [0.4, 0.5) is 10.3 Å². The number of aromatic amines is 1. The van der Waals surface area contributed by atoms with E-state index in [2.05, 4.69) is 44.2 Å². The summed E-state index contributed by atoms with van der Waals surface area (Å²) in [6, 6.07) is 3.42. The third-order valence-electron chi connectivity index (χ3n) is 4.34. The van der Waals surface area contributed by atoms with E-state index < -0.39 is 5.82 Å². The normalized spacial score (nSPS) is 11.4. The van der Waals surface area contributed by atoms with Crippen molar-refractivity contribution >= 4 is 11.6 Å². The predicted octanol–water partition coefficient (Wildman–Crippen LogP) is 3.43. The Kier molecular flexibility index (Phi) is 4.53. The molecule has 2 N–H and O–H groups in total. The average Bonchev–Trinajstić information content (AvgIpc) is 3.31. The molecule has 0 aliphatic carbocycles. The third kappa shape index (κ3) is 3.51. The van der Waals surface area contributed by atoms with Gasteiger partial charge < -0.3 is 10.3 Å². The molecule has 0 radical (unpaired) electrons. The molecule has 0 spiro atoms. The smallest absolute Gasteiger partial charge is 0.227 e. The van der Waals surface area contributed by atoms with E-state index in [0.29, 0.717) is 29.5 Å². The summed E-state index contributed by atoms with van der Waals surface area (Å²) in [6.45, 7) is 4.85. The largest absolute Gasteiger partial charge is 0.367 e. The predicted molar refractivity (Wildman–Crippen MR) is 101 cm³/mol. The van der Waals surface area contributed by atoms with Crippen molar-refractivity contribution in [3.05, 3.63) is 60.1 Å². The van der Waals surface area contributed by atoms with Gasteiger partial charge in [-0.15, -0.1) is 0 Å². The zero-order valence-corrected chi connectivity index (χ0v) is 15.1. The fourth-order valence-corrected chi connectivity index (χ4v) is 2.91. The van der Waals surface area contributed by atoms with Gasteiger partial charge in [-0.2, -0.15) is 14.6 Å². The van der Waals surface area contributed by atoms with Crippen LogP contribution in [-0.2, 0) is 6.42 Å². The second-order valence-corrected chi connectivity index (χ2v) is 6.65. The highest BCUT2D eigenvalue weighted by molar-refractivity contribution is 5.61. The molecule has 0 aromatic carbocycles. The fourth-order valence-electron chi connectivity index (χ4n) is 2.91. The molecule has 7 nitrogen and oxygen atoms in total.